The third kappa shape index (κ3) is 4.13. The molecular formula is C20H20N6S. The summed E-state index contributed by atoms with van der Waals surface area (Å²) in [5, 5.41) is 12.8. The highest BCUT2D eigenvalue weighted by molar-refractivity contribution is 7.16. The van der Waals surface area contributed by atoms with Gasteiger partial charge >= 0.3 is 0 Å². The van der Waals surface area contributed by atoms with E-state index in [1.807, 2.05) is 24.5 Å². The number of pyridine rings is 2. The van der Waals surface area contributed by atoms with E-state index in [9.17, 15) is 0 Å². The topological polar surface area (TPSA) is 77.7 Å². The molecule has 0 saturated carbocycles. The summed E-state index contributed by atoms with van der Waals surface area (Å²) in [6.07, 6.45) is 7.68. The van der Waals surface area contributed by atoms with Gasteiger partial charge in [-0.1, -0.05) is 23.5 Å². The second-order valence-corrected chi connectivity index (χ2v) is 7.74. The van der Waals surface area contributed by atoms with Gasteiger partial charge in [-0.05, 0) is 49.6 Å². The summed E-state index contributed by atoms with van der Waals surface area (Å²) in [6.45, 7) is 4.03. The first-order valence-corrected chi connectivity index (χ1v) is 9.77. The van der Waals surface area contributed by atoms with Crippen LogP contribution >= 0.6 is 11.3 Å². The van der Waals surface area contributed by atoms with Gasteiger partial charge in [-0.3, -0.25) is 9.88 Å². The number of thiazole rings is 1. The molecule has 1 aliphatic heterocycles. The molecule has 1 aliphatic rings. The molecule has 1 fully saturated rings. The van der Waals surface area contributed by atoms with E-state index < -0.39 is 0 Å². The number of anilines is 2. The van der Waals surface area contributed by atoms with Crippen molar-refractivity contribution in [2.24, 2.45) is 0 Å². The summed E-state index contributed by atoms with van der Waals surface area (Å²) in [4.78, 5) is 16.4. The predicted molar refractivity (Wildman–Crippen MR) is 106 cm³/mol. The molecule has 0 spiro atoms. The number of aryl methyl sites for hydroxylation is 1. The fourth-order valence-corrected chi connectivity index (χ4v) is 4.11. The van der Waals surface area contributed by atoms with Crippen LogP contribution < -0.4 is 5.32 Å². The first kappa shape index (κ1) is 17.6. The van der Waals surface area contributed by atoms with E-state index in [1.165, 1.54) is 28.9 Å². The maximum atomic E-state index is 8.94. The zero-order valence-electron chi connectivity index (χ0n) is 15.1. The summed E-state index contributed by atoms with van der Waals surface area (Å²) >= 11 is 1.33. The predicted octanol–water partition coefficient (Wildman–Crippen LogP) is 4.19. The van der Waals surface area contributed by atoms with Gasteiger partial charge < -0.3 is 5.32 Å². The molecule has 0 radical (unpaired) electrons. The molecule has 0 bridgehead atoms. The maximum Gasteiger partial charge on any atom is 0.189 e. The number of hydrogen-bond donors (Lipinski definition) is 1. The Balaban J connectivity index is 1.51. The van der Waals surface area contributed by atoms with Crippen LogP contribution in [0.2, 0.25) is 0 Å². The molecule has 6 nitrogen and oxygen atoms in total. The highest BCUT2D eigenvalue weighted by Crippen LogP contribution is 2.33. The van der Waals surface area contributed by atoms with Crippen LogP contribution in [-0.4, -0.2) is 26.4 Å². The van der Waals surface area contributed by atoms with Crippen molar-refractivity contribution < 1.29 is 0 Å². The average Bonchev–Trinajstić information content (AvgIpc) is 3.31. The van der Waals surface area contributed by atoms with Gasteiger partial charge in [0.25, 0.3) is 0 Å². The minimum atomic E-state index is 0.304. The van der Waals surface area contributed by atoms with Crippen LogP contribution in [0.3, 0.4) is 0 Å². The van der Waals surface area contributed by atoms with E-state index in [4.69, 9.17) is 10.2 Å². The quantitative estimate of drug-likeness (QED) is 0.719. The summed E-state index contributed by atoms with van der Waals surface area (Å²) in [5.41, 5.74) is 3.49. The van der Waals surface area contributed by atoms with E-state index >= 15 is 0 Å². The zero-order valence-corrected chi connectivity index (χ0v) is 15.9. The van der Waals surface area contributed by atoms with Gasteiger partial charge in [-0.2, -0.15) is 5.26 Å². The number of nitrogens with zero attached hydrogens (tertiary/aromatic N) is 5. The number of likely N-dealkylation sites (tertiary alicyclic amines) is 1. The van der Waals surface area contributed by atoms with Crippen molar-refractivity contribution in [2.45, 2.75) is 32.4 Å². The van der Waals surface area contributed by atoms with Gasteiger partial charge in [0.05, 0.1) is 17.9 Å². The molecule has 4 heterocycles. The van der Waals surface area contributed by atoms with E-state index in [0.29, 0.717) is 16.1 Å². The van der Waals surface area contributed by atoms with Crippen molar-refractivity contribution >= 4 is 22.3 Å². The van der Waals surface area contributed by atoms with Crippen LogP contribution in [0.15, 0.2) is 42.9 Å². The zero-order chi connectivity index (χ0) is 18.6. The average molecular weight is 376 g/mol. The minimum absolute atomic E-state index is 0.304. The number of aromatic nitrogens is 3. The fraction of sp³-hybridized carbons (Fsp3) is 0.300. The lowest BCUT2D eigenvalue weighted by Gasteiger charge is -2.24. The highest BCUT2D eigenvalue weighted by Gasteiger charge is 2.27. The summed E-state index contributed by atoms with van der Waals surface area (Å²) in [7, 11) is 0. The fourth-order valence-electron chi connectivity index (χ4n) is 3.49. The van der Waals surface area contributed by atoms with Gasteiger partial charge in [0, 0.05) is 18.9 Å². The molecule has 7 heteroatoms. The van der Waals surface area contributed by atoms with Crippen molar-refractivity contribution in [1.29, 1.82) is 5.26 Å². The Labute approximate surface area is 162 Å². The number of nitriles is 1. The molecule has 136 valence electrons. The van der Waals surface area contributed by atoms with Crippen molar-refractivity contribution in [3.8, 4) is 6.07 Å². The Bertz CT molecular complexity index is 976. The molecule has 1 N–H and O–H groups in total. The van der Waals surface area contributed by atoms with Crippen molar-refractivity contribution in [3.63, 3.8) is 0 Å². The Hall–Kier alpha value is -2.82. The highest BCUT2D eigenvalue weighted by atomic mass is 32.1. The molecule has 1 saturated heterocycles. The van der Waals surface area contributed by atoms with E-state index in [-0.39, 0.29) is 0 Å². The standard InChI is InChI=1S/C20H20N6S/c1-14-8-15(11-22-10-14)13-26-7-3-5-18(26)17-4-2-6-19(24-17)25-20-23-12-16(9-21)27-20/h2,4,6,8,10-12,18H,3,5,7,13H2,1H3,(H,23,24,25)/t18-/m1/s1. The Morgan fingerprint density at radius 2 is 2.26 bits per heavy atom. The lowest BCUT2D eigenvalue weighted by Crippen LogP contribution is -2.23. The van der Waals surface area contributed by atoms with Crippen LogP contribution in [-0.2, 0) is 6.54 Å². The first-order valence-electron chi connectivity index (χ1n) is 8.96. The van der Waals surface area contributed by atoms with E-state index in [1.54, 1.807) is 6.20 Å². The Kier molecular flexibility index (Phi) is 5.10. The van der Waals surface area contributed by atoms with E-state index in [2.05, 4.69) is 45.3 Å². The summed E-state index contributed by atoms with van der Waals surface area (Å²) in [5.74, 6) is 0.760. The molecule has 0 amide bonds. The SMILES string of the molecule is Cc1cncc(CN2CCC[C@@H]2c2cccc(Nc3ncc(C#N)s3)n2)c1. The van der Waals surface area contributed by atoms with Crippen LogP contribution in [0.4, 0.5) is 10.9 Å². The molecule has 0 unspecified atom stereocenters. The van der Waals surface area contributed by atoms with Crippen molar-refractivity contribution in [1.82, 2.24) is 19.9 Å². The first-order chi connectivity index (χ1) is 13.2. The monoisotopic (exact) mass is 376 g/mol. The molecule has 0 aliphatic carbocycles. The largest absolute Gasteiger partial charge is 0.316 e. The molecule has 1 atom stereocenters. The number of hydrogen-bond acceptors (Lipinski definition) is 7. The molecule has 0 aromatic carbocycles. The molecule has 27 heavy (non-hydrogen) atoms. The molecule has 4 rings (SSSR count). The van der Waals surface area contributed by atoms with Crippen molar-refractivity contribution in [3.05, 3.63) is 64.6 Å². The van der Waals surface area contributed by atoms with Gasteiger partial charge in [-0.25, -0.2) is 9.97 Å². The minimum Gasteiger partial charge on any atom is -0.316 e. The second-order valence-electron chi connectivity index (χ2n) is 6.71. The van der Waals surface area contributed by atoms with Crippen LogP contribution in [0.25, 0.3) is 0 Å². The van der Waals surface area contributed by atoms with E-state index in [0.717, 1.165) is 31.0 Å². The maximum absolute atomic E-state index is 8.94. The van der Waals surface area contributed by atoms with Gasteiger partial charge in [0.15, 0.2) is 5.13 Å². The smallest absolute Gasteiger partial charge is 0.189 e. The van der Waals surface area contributed by atoms with Crippen LogP contribution in [0.1, 0.15) is 40.6 Å². The number of nitrogens with one attached hydrogen (secondary N) is 1. The lowest BCUT2D eigenvalue weighted by atomic mass is 10.1. The summed E-state index contributed by atoms with van der Waals surface area (Å²) < 4.78 is 0. The van der Waals surface area contributed by atoms with Crippen LogP contribution in [0, 0.1) is 18.3 Å². The number of rotatable bonds is 5. The Morgan fingerprint density at radius 1 is 1.33 bits per heavy atom. The van der Waals surface area contributed by atoms with Crippen molar-refractivity contribution in [2.75, 3.05) is 11.9 Å². The molecular weight excluding hydrogens is 356 g/mol. The van der Waals surface area contributed by atoms with Gasteiger partial charge in [0.1, 0.15) is 16.8 Å². The molecule has 3 aromatic heterocycles. The Morgan fingerprint density at radius 3 is 3.07 bits per heavy atom. The van der Waals surface area contributed by atoms with Crippen LogP contribution in [0.5, 0.6) is 0 Å². The summed E-state index contributed by atoms with van der Waals surface area (Å²) in [6, 6.07) is 10.6. The van der Waals surface area contributed by atoms with Gasteiger partial charge in [0.2, 0.25) is 0 Å². The second kappa shape index (κ2) is 7.82. The third-order valence-electron chi connectivity index (χ3n) is 4.64. The van der Waals surface area contributed by atoms with Gasteiger partial charge in [-0.15, -0.1) is 0 Å². The molecule has 3 aromatic rings. The third-order valence-corrected chi connectivity index (χ3v) is 5.46. The lowest BCUT2D eigenvalue weighted by molar-refractivity contribution is 0.244. The normalized spacial score (nSPS) is 17.0.